The van der Waals surface area contributed by atoms with Gasteiger partial charge in [0.25, 0.3) is 5.56 Å². The quantitative estimate of drug-likeness (QED) is 0.512. The number of fused-ring (bicyclic) bond motifs is 1. The molecule has 1 aliphatic heterocycles. The molecule has 3 N–H and O–H groups in total. The highest BCUT2D eigenvalue weighted by Crippen LogP contribution is 2.42. The van der Waals surface area contributed by atoms with E-state index in [1.54, 1.807) is 12.1 Å². The highest BCUT2D eigenvalue weighted by Gasteiger charge is 2.32. The fraction of sp³-hybridized carbons (Fsp3) is 0.389. The van der Waals surface area contributed by atoms with Gasteiger partial charge in [-0.25, -0.2) is 4.98 Å². The predicted octanol–water partition coefficient (Wildman–Crippen LogP) is 2.47. The van der Waals surface area contributed by atoms with Gasteiger partial charge < -0.3 is 24.9 Å². The van der Waals surface area contributed by atoms with Crippen LogP contribution >= 0.6 is 11.8 Å². The standard InChI is InChI=1S/C18H21N3O5S/c1-4-5-27-18-20-16-14(17(24)21-18)10(8-13(22)19-16)9-6-11(25-2)15(23)12(7-9)26-3/h6-7,10,23H,4-5,8H2,1-3H3,(H2,19,20,21,22,24)/t10-/m0/s1. The Morgan fingerprint density at radius 1 is 1.26 bits per heavy atom. The average molecular weight is 391 g/mol. The minimum absolute atomic E-state index is 0.0797. The SMILES string of the molecule is CCCSc1nc2c(c(=O)[nH]1)[C@H](c1cc(OC)c(O)c(OC)c1)CC(=O)N2. The number of benzene rings is 1. The zero-order valence-corrected chi connectivity index (χ0v) is 16.1. The Morgan fingerprint density at radius 2 is 1.93 bits per heavy atom. The molecule has 0 unspecified atom stereocenters. The number of hydrogen-bond acceptors (Lipinski definition) is 7. The van der Waals surface area contributed by atoms with Crippen molar-refractivity contribution in [1.29, 1.82) is 0 Å². The first-order chi connectivity index (χ1) is 13.0. The van der Waals surface area contributed by atoms with Crippen molar-refractivity contribution in [2.75, 3.05) is 25.3 Å². The van der Waals surface area contributed by atoms with Crippen molar-refractivity contribution in [1.82, 2.24) is 9.97 Å². The maximum atomic E-state index is 12.7. The molecule has 0 spiro atoms. The number of rotatable bonds is 6. The van der Waals surface area contributed by atoms with Crippen LogP contribution in [0.1, 0.15) is 36.8 Å². The van der Waals surface area contributed by atoms with E-state index in [0.29, 0.717) is 16.3 Å². The molecule has 2 heterocycles. The average Bonchev–Trinajstić information content (AvgIpc) is 2.65. The molecule has 1 aliphatic rings. The lowest BCUT2D eigenvalue weighted by molar-refractivity contribution is -0.116. The van der Waals surface area contributed by atoms with Gasteiger partial charge in [-0.3, -0.25) is 9.59 Å². The summed E-state index contributed by atoms with van der Waals surface area (Å²) >= 11 is 1.43. The van der Waals surface area contributed by atoms with Crippen LogP contribution in [0.25, 0.3) is 0 Å². The zero-order chi connectivity index (χ0) is 19.6. The van der Waals surface area contributed by atoms with Gasteiger partial charge in [-0.1, -0.05) is 18.7 Å². The van der Waals surface area contributed by atoms with Gasteiger partial charge in [0, 0.05) is 18.1 Å². The summed E-state index contributed by atoms with van der Waals surface area (Å²) in [6.45, 7) is 2.03. The van der Waals surface area contributed by atoms with Crippen LogP contribution in [-0.2, 0) is 4.79 Å². The molecular weight excluding hydrogens is 370 g/mol. The Labute approximate surface area is 160 Å². The lowest BCUT2D eigenvalue weighted by Crippen LogP contribution is -2.31. The van der Waals surface area contributed by atoms with E-state index < -0.39 is 5.92 Å². The molecule has 1 atom stereocenters. The molecule has 1 aromatic heterocycles. The summed E-state index contributed by atoms with van der Waals surface area (Å²) in [6.07, 6.45) is 1.02. The highest BCUT2D eigenvalue weighted by molar-refractivity contribution is 7.99. The molecule has 3 rings (SSSR count). The van der Waals surface area contributed by atoms with E-state index in [1.807, 2.05) is 6.92 Å². The molecule has 1 amide bonds. The fourth-order valence-electron chi connectivity index (χ4n) is 3.02. The molecular formula is C18H21N3O5S. The summed E-state index contributed by atoms with van der Waals surface area (Å²) in [5.74, 6) is 0.590. The smallest absolute Gasteiger partial charge is 0.257 e. The minimum Gasteiger partial charge on any atom is -0.502 e. The number of ether oxygens (including phenoxy) is 2. The number of aromatic hydroxyl groups is 1. The number of carbonyl (C=O) groups excluding carboxylic acids is 1. The predicted molar refractivity (Wildman–Crippen MR) is 102 cm³/mol. The third-order valence-electron chi connectivity index (χ3n) is 4.28. The van der Waals surface area contributed by atoms with E-state index in [-0.39, 0.29) is 41.0 Å². The first-order valence-corrected chi connectivity index (χ1v) is 9.48. The summed E-state index contributed by atoms with van der Waals surface area (Å²) in [4.78, 5) is 32.2. The van der Waals surface area contributed by atoms with Crippen LogP contribution in [0.3, 0.4) is 0 Å². The minimum atomic E-state index is -0.529. The van der Waals surface area contributed by atoms with E-state index in [9.17, 15) is 14.7 Å². The Hall–Kier alpha value is -2.68. The molecule has 8 nitrogen and oxygen atoms in total. The van der Waals surface area contributed by atoms with Gasteiger partial charge in [0.2, 0.25) is 11.7 Å². The van der Waals surface area contributed by atoms with E-state index >= 15 is 0 Å². The Morgan fingerprint density at radius 3 is 2.52 bits per heavy atom. The second-order valence-corrected chi connectivity index (χ2v) is 7.14. The summed E-state index contributed by atoms with van der Waals surface area (Å²) in [6, 6.07) is 3.20. The number of phenols is 1. The van der Waals surface area contributed by atoms with Gasteiger partial charge in [-0.2, -0.15) is 0 Å². The summed E-state index contributed by atoms with van der Waals surface area (Å²) < 4.78 is 10.4. The zero-order valence-electron chi connectivity index (χ0n) is 15.3. The Balaban J connectivity index is 2.12. The topological polar surface area (TPSA) is 114 Å². The molecule has 9 heteroatoms. The Bertz CT molecular complexity index is 903. The molecule has 0 fully saturated rings. The lowest BCUT2D eigenvalue weighted by atomic mass is 9.86. The number of anilines is 1. The van der Waals surface area contributed by atoms with Gasteiger partial charge in [-0.05, 0) is 24.1 Å². The lowest BCUT2D eigenvalue weighted by Gasteiger charge is -2.25. The molecule has 0 radical (unpaired) electrons. The normalized spacial score (nSPS) is 15.8. The Kier molecular flexibility index (Phi) is 5.59. The van der Waals surface area contributed by atoms with Gasteiger partial charge in [0.1, 0.15) is 5.82 Å². The molecule has 2 aromatic rings. The van der Waals surface area contributed by atoms with Crippen LogP contribution in [0.2, 0.25) is 0 Å². The number of methoxy groups -OCH3 is 2. The third kappa shape index (κ3) is 3.73. The second-order valence-electron chi connectivity index (χ2n) is 6.06. The monoisotopic (exact) mass is 391 g/mol. The van der Waals surface area contributed by atoms with Crippen molar-refractivity contribution in [2.24, 2.45) is 0 Å². The van der Waals surface area contributed by atoms with E-state index in [4.69, 9.17) is 9.47 Å². The van der Waals surface area contributed by atoms with Crippen molar-refractivity contribution in [3.05, 3.63) is 33.6 Å². The van der Waals surface area contributed by atoms with E-state index in [0.717, 1.165) is 12.2 Å². The first kappa shape index (κ1) is 19.1. The largest absolute Gasteiger partial charge is 0.502 e. The molecule has 0 saturated carbocycles. The van der Waals surface area contributed by atoms with E-state index in [1.165, 1.54) is 26.0 Å². The maximum absolute atomic E-state index is 12.7. The number of hydrogen-bond donors (Lipinski definition) is 3. The number of amides is 1. The fourth-order valence-corrected chi connectivity index (χ4v) is 3.74. The number of nitrogens with zero attached hydrogens (tertiary/aromatic N) is 1. The number of aromatic nitrogens is 2. The molecule has 1 aromatic carbocycles. The molecule has 144 valence electrons. The molecule has 0 bridgehead atoms. The van der Waals surface area contributed by atoms with Crippen molar-refractivity contribution in [2.45, 2.75) is 30.8 Å². The molecule has 0 aliphatic carbocycles. The van der Waals surface area contributed by atoms with Crippen LogP contribution < -0.4 is 20.3 Å². The van der Waals surface area contributed by atoms with Crippen molar-refractivity contribution >= 4 is 23.5 Å². The van der Waals surface area contributed by atoms with Gasteiger partial charge >= 0.3 is 0 Å². The van der Waals surface area contributed by atoms with Crippen LogP contribution in [0.15, 0.2) is 22.1 Å². The summed E-state index contributed by atoms with van der Waals surface area (Å²) in [7, 11) is 2.84. The van der Waals surface area contributed by atoms with Gasteiger partial charge in [-0.15, -0.1) is 0 Å². The molecule has 27 heavy (non-hydrogen) atoms. The van der Waals surface area contributed by atoms with Crippen LogP contribution in [0, 0.1) is 0 Å². The maximum Gasteiger partial charge on any atom is 0.257 e. The number of nitrogens with one attached hydrogen (secondary N) is 2. The van der Waals surface area contributed by atoms with Crippen molar-refractivity contribution in [3.8, 4) is 17.2 Å². The van der Waals surface area contributed by atoms with Crippen molar-refractivity contribution < 1.29 is 19.4 Å². The number of phenolic OH excluding ortho intramolecular Hbond substituents is 1. The summed E-state index contributed by atoms with van der Waals surface area (Å²) in [5.41, 5.74) is 0.707. The first-order valence-electron chi connectivity index (χ1n) is 8.50. The number of H-pyrrole nitrogens is 1. The third-order valence-corrected chi connectivity index (χ3v) is 5.36. The highest BCUT2D eigenvalue weighted by atomic mass is 32.2. The van der Waals surface area contributed by atoms with Gasteiger partial charge in [0.15, 0.2) is 16.7 Å². The van der Waals surface area contributed by atoms with Crippen molar-refractivity contribution in [3.63, 3.8) is 0 Å². The molecule has 0 saturated heterocycles. The number of carbonyl (C=O) groups is 1. The number of aromatic amines is 1. The number of thioether (sulfide) groups is 1. The second kappa shape index (κ2) is 7.91. The van der Waals surface area contributed by atoms with E-state index in [2.05, 4.69) is 15.3 Å². The summed E-state index contributed by atoms with van der Waals surface area (Å²) in [5, 5.41) is 13.3. The van der Waals surface area contributed by atoms with Crippen LogP contribution in [-0.4, -0.2) is 41.0 Å². The van der Waals surface area contributed by atoms with Gasteiger partial charge in [0.05, 0.1) is 19.8 Å². The van der Waals surface area contributed by atoms with Crippen LogP contribution in [0.5, 0.6) is 17.2 Å². The van der Waals surface area contributed by atoms with Crippen LogP contribution in [0.4, 0.5) is 5.82 Å².